The molecule has 160 valence electrons. The second kappa shape index (κ2) is 8.62. The summed E-state index contributed by atoms with van der Waals surface area (Å²) >= 11 is 1.59. The van der Waals surface area contributed by atoms with Crippen molar-refractivity contribution < 1.29 is 26.7 Å². The highest BCUT2D eigenvalue weighted by molar-refractivity contribution is 7.99. The fourth-order valence-electron chi connectivity index (χ4n) is 3.53. The zero-order chi connectivity index (χ0) is 21.3. The van der Waals surface area contributed by atoms with Crippen molar-refractivity contribution in [1.29, 1.82) is 0 Å². The van der Waals surface area contributed by atoms with Gasteiger partial charge in [-0.1, -0.05) is 0 Å². The number of carbonyl (C=O) groups is 1. The van der Waals surface area contributed by atoms with Gasteiger partial charge in [-0.15, -0.1) is 11.8 Å². The predicted molar refractivity (Wildman–Crippen MR) is 108 cm³/mol. The molecule has 2 aromatic carbocycles. The highest BCUT2D eigenvalue weighted by Crippen LogP contribution is 2.36. The number of hydrogen-bond acceptors (Lipinski definition) is 5. The van der Waals surface area contributed by atoms with E-state index in [2.05, 4.69) is 5.32 Å². The summed E-state index contributed by atoms with van der Waals surface area (Å²) in [6.07, 6.45) is 0.604. The van der Waals surface area contributed by atoms with Crippen LogP contribution >= 0.6 is 11.8 Å². The highest BCUT2D eigenvalue weighted by atomic mass is 32.2. The second-order valence-corrected chi connectivity index (χ2v) is 10.1. The lowest BCUT2D eigenvalue weighted by Crippen LogP contribution is -2.41. The summed E-state index contributed by atoms with van der Waals surface area (Å²) in [5.41, 5.74) is 0.710. The Bertz CT molecular complexity index is 1070. The molecule has 1 N–H and O–H groups in total. The molecule has 1 fully saturated rings. The van der Waals surface area contributed by atoms with Crippen molar-refractivity contribution in [2.75, 3.05) is 32.1 Å². The standard InChI is InChI=1S/C20H20F2N2O4S2/c21-14-2-4-18-15(12-14)17(5-10-29-18)23-20(25)13-1-3-16(22)19(11-13)30(26,27)24-6-8-28-9-7-24/h1-4,11-12,17H,5-10H2,(H,23,25)/t17-/m0/s1. The van der Waals surface area contributed by atoms with E-state index in [1.807, 2.05) is 0 Å². The first-order valence-electron chi connectivity index (χ1n) is 9.47. The maximum absolute atomic E-state index is 14.4. The summed E-state index contributed by atoms with van der Waals surface area (Å²) < 4.78 is 60.0. The van der Waals surface area contributed by atoms with Gasteiger partial charge in [-0.3, -0.25) is 4.79 Å². The molecule has 0 radical (unpaired) electrons. The van der Waals surface area contributed by atoms with E-state index >= 15 is 0 Å². The Kier molecular flexibility index (Phi) is 6.10. The molecule has 0 bridgehead atoms. The SMILES string of the molecule is O=C(N[C@H]1CCSc2ccc(F)cc21)c1ccc(F)c(S(=O)(=O)N2CCOCC2)c1. The molecule has 1 amide bonds. The number of ether oxygens (including phenoxy) is 1. The van der Waals surface area contributed by atoms with Crippen LogP contribution in [-0.2, 0) is 14.8 Å². The number of thioether (sulfide) groups is 1. The van der Waals surface area contributed by atoms with Crippen molar-refractivity contribution in [3.63, 3.8) is 0 Å². The number of halogens is 2. The van der Waals surface area contributed by atoms with E-state index in [9.17, 15) is 22.0 Å². The summed E-state index contributed by atoms with van der Waals surface area (Å²) in [7, 11) is -4.09. The minimum atomic E-state index is -4.09. The molecule has 0 unspecified atom stereocenters. The van der Waals surface area contributed by atoms with Gasteiger partial charge in [-0.25, -0.2) is 17.2 Å². The first-order chi connectivity index (χ1) is 14.4. The van der Waals surface area contributed by atoms with Crippen LogP contribution in [0.1, 0.15) is 28.4 Å². The van der Waals surface area contributed by atoms with Gasteiger partial charge >= 0.3 is 0 Å². The van der Waals surface area contributed by atoms with Crippen molar-refractivity contribution in [3.8, 4) is 0 Å². The number of benzene rings is 2. The topological polar surface area (TPSA) is 75.7 Å². The lowest BCUT2D eigenvalue weighted by atomic mass is 10.0. The van der Waals surface area contributed by atoms with Gasteiger partial charge < -0.3 is 10.1 Å². The average Bonchev–Trinajstić information content (AvgIpc) is 2.75. The van der Waals surface area contributed by atoms with E-state index < -0.39 is 38.5 Å². The number of nitrogens with one attached hydrogen (secondary N) is 1. The Morgan fingerprint density at radius 2 is 1.90 bits per heavy atom. The van der Waals surface area contributed by atoms with Crippen LogP contribution in [0.2, 0.25) is 0 Å². The molecule has 2 aliphatic rings. The lowest BCUT2D eigenvalue weighted by molar-refractivity contribution is 0.0729. The molecule has 0 aromatic heterocycles. The molecule has 6 nitrogen and oxygen atoms in total. The number of rotatable bonds is 4. The molecule has 2 aromatic rings. The summed E-state index contributed by atoms with van der Waals surface area (Å²) in [5, 5.41) is 2.83. The zero-order valence-electron chi connectivity index (χ0n) is 15.9. The van der Waals surface area contributed by atoms with Crippen LogP contribution in [0, 0.1) is 11.6 Å². The summed E-state index contributed by atoms with van der Waals surface area (Å²) in [6, 6.07) is 7.32. The van der Waals surface area contributed by atoms with Crippen molar-refractivity contribution in [2.24, 2.45) is 0 Å². The molecule has 0 spiro atoms. The van der Waals surface area contributed by atoms with Crippen LogP contribution < -0.4 is 5.32 Å². The number of fused-ring (bicyclic) bond motifs is 1. The molecule has 10 heteroatoms. The molecule has 4 rings (SSSR count). The largest absolute Gasteiger partial charge is 0.379 e. The third kappa shape index (κ3) is 4.22. The van der Waals surface area contributed by atoms with Crippen LogP contribution in [0.3, 0.4) is 0 Å². The molecule has 2 aliphatic heterocycles. The number of amides is 1. The number of carbonyl (C=O) groups excluding carboxylic acids is 1. The van der Waals surface area contributed by atoms with Crippen LogP contribution in [0.5, 0.6) is 0 Å². The summed E-state index contributed by atoms with van der Waals surface area (Å²) in [6.45, 7) is 0.716. The smallest absolute Gasteiger partial charge is 0.251 e. The van der Waals surface area contributed by atoms with E-state index in [0.717, 1.165) is 27.1 Å². The molecular weight excluding hydrogens is 434 g/mol. The minimum absolute atomic E-state index is 0.0272. The van der Waals surface area contributed by atoms with Crippen molar-refractivity contribution >= 4 is 27.7 Å². The van der Waals surface area contributed by atoms with Crippen LogP contribution in [0.15, 0.2) is 46.2 Å². The Morgan fingerprint density at radius 3 is 2.67 bits per heavy atom. The monoisotopic (exact) mass is 454 g/mol. The first-order valence-corrected chi connectivity index (χ1v) is 11.9. The summed E-state index contributed by atoms with van der Waals surface area (Å²) in [5.74, 6) is -1.10. The van der Waals surface area contributed by atoms with E-state index in [0.29, 0.717) is 12.0 Å². The molecule has 1 saturated heterocycles. The van der Waals surface area contributed by atoms with Crippen LogP contribution in [0.25, 0.3) is 0 Å². The third-order valence-electron chi connectivity index (χ3n) is 5.10. The van der Waals surface area contributed by atoms with Gasteiger partial charge in [-0.2, -0.15) is 4.31 Å². The van der Waals surface area contributed by atoms with Gasteiger partial charge in [-0.05, 0) is 48.4 Å². The Labute approximate surface area is 177 Å². The van der Waals surface area contributed by atoms with E-state index in [1.165, 1.54) is 18.2 Å². The van der Waals surface area contributed by atoms with Gasteiger partial charge in [0.25, 0.3) is 5.91 Å². The Morgan fingerprint density at radius 1 is 1.13 bits per heavy atom. The first kappa shape index (κ1) is 21.2. The maximum Gasteiger partial charge on any atom is 0.251 e. The van der Waals surface area contributed by atoms with Gasteiger partial charge in [0.2, 0.25) is 10.0 Å². The van der Waals surface area contributed by atoms with Crippen LogP contribution in [-0.4, -0.2) is 50.7 Å². The molecular formula is C20H20F2N2O4S2. The van der Waals surface area contributed by atoms with Gasteiger partial charge in [0.15, 0.2) is 0 Å². The molecule has 0 aliphatic carbocycles. The van der Waals surface area contributed by atoms with Gasteiger partial charge in [0.1, 0.15) is 16.5 Å². The molecule has 30 heavy (non-hydrogen) atoms. The van der Waals surface area contributed by atoms with Crippen molar-refractivity contribution in [3.05, 3.63) is 59.2 Å². The van der Waals surface area contributed by atoms with Gasteiger partial charge in [0.05, 0.1) is 19.3 Å². The minimum Gasteiger partial charge on any atom is -0.379 e. The number of morpholine rings is 1. The number of nitrogens with zero attached hydrogens (tertiary/aromatic N) is 1. The fourth-order valence-corrected chi connectivity index (χ4v) is 6.13. The Hall–Kier alpha value is -2.01. The summed E-state index contributed by atoms with van der Waals surface area (Å²) in [4.78, 5) is 13.2. The second-order valence-electron chi connectivity index (χ2n) is 7.01. The zero-order valence-corrected chi connectivity index (χ0v) is 17.6. The predicted octanol–water partition coefficient (Wildman–Crippen LogP) is 2.95. The van der Waals surface area contributed by atoms with Crippen LogP contribution in [0.4, 0.5) is 8.78 Å². The van der Waals surface area contributed by atoms with Gasteiger partial charge in [0, 0.05) is 29.3 Å². The number of hydrogen-bond donors (Lipinski definition) is 1. The van der Waals surface area contributed by atoms with E-state index in [1.54, 1.807) is 17.8 Å². The number of sulfonamides is 1. The van der Waals surface area contributed by atoms with Crippen molar-refractivity contribution in [1.82, 2.24) is 9.62 Å². The maximum atomic E-state index is 14.4. The van der Waals surface area contributed by atoms with E-state index in [-0.39, 0.29) is 31.9 Å². The van der Waals surface area contributed by atoms with Crippen molar-refractivity contribution in [2.45, 2.75) is 22.3 Å². The highest BCUT2D eigenvalue weighted by Gasteiger charge is 2.30. The molecule has 2 heterocycles. The molecule has 1 atom stereocenters. The lowest BCUT2D eigenvalue weighted by Gasteiger charge is -2.27. The normalized spacial score (nSPS) is 19.9. The quantitative estimate of drug-likeness (QED) is 0.769. The fraction of sp³-hybridized carbons (Fsp3) is 0.350. The Balaban J connectivity index is 1.59. The average molecular weight is 455 g/mol. The van der Waals surface area contributed by atoms with E-state index in [4.69, 9.17) is 4.74 Å². The third-order valence-corrected chi connectivity index (χ3v) is 8.13. The molecule has 0 saturated carbocycles.